The summed E-state index contributed by atoms with van der Waals surface area (Å²) in [5.74, 6) is 0. The van der Waals surface area contributed by atoms with Crippen molar-refractivity contribution in [2.45, 2.75) is 25.7 Å². The van der Waals surface area contributed by atoms with Crippen LogP contribution >= 0.6 is 0 Å². The molecule has 0 aromatic heterocycles. The zero-order chi connectivity index (χ0) is 6.98. The highest BCUT2D eigenvalue weighted by molar-refractivity contribution is 5.59. The molecule has 0 aliphatic heterocycles. The summed E-state index contributed by atoms with van der Waals surface area (Å²) in [4.78, 5) is 0. The predicted octanol–water partition coefficient (Wildman–Crippen LogP) is 2.67. The molecule has 10 heavy (non-hydrogen) atoms. The van der Waals surface area contributed by atoms with E-state index in [0.29, 0.717) is 10.8 Å². The zero-order valence-electron chi connectivity index (χ0n) is 6.24. The summed E-state index contributed by atoms with van der Waals surface area (Å²) in [7, 11) is 0. The Morgan fingerprint density at radius 1 is 0.800 bits per heavy atom. The van der Waals surface area contributed by atoms with Gasteiger partial charge in [-0.05, 0) is 36.8 Å². The Morgan fingerprint density at radius 3 is 1.30 bits per heavy atom. The lowest BCUT2D eigenvalue weighted by atomic mass is 9.60. The Balaban J connectivity index is 2.12. The van der Waals surface area contributed by atoms with Crippen LogP contribution in [-0.2, 0) is 0 Å². The Labute approximate surface area is 61.6 Å². The van der Waals surface area contributed by atoms with Crippen LogP contribution < -0.4 is 0 Å². The quantitative estimate of drug-likeness (QED) is 0.475. The number of allylic oxidation sites excluding steroid dienone is 2. The van der Waals surface area contributed by atoms with E-state index < -0.39 is 0 Å². The predicted molar refractivity (Wildman–Crippen MR) is 41.6 cm³/mol. The van der Waals surface area contributed by atoms with Crippen molar-refractivity contribution in [3.8, 4) is 0 Å². The van der Waals surface area contributed by atoms with Crippen molar-refractivity contribution < 1.29 is 0 Å². The fraction of sp³-hybridized carbons (Fsp3) is 0.600. The van der Waals surface area contributed by atoms with Gasteiger partial charge >= 0.3 is 0 Å². The molecule has 3 saturated carbocycles. The van der Waals surface area contributed by atoms with Crippen LogP contribution in [0.25, 0.3) is 0 Å². The average Bonchev–Trinajstić information content (AvgIpc) is 2.74. The van der Waals surface area contributed by atoms with Gasteiger partial charge in [-0.1, -0.05) is 13.2 Å². The van der Waals surface area contributed by atoms with Gasteiger partial charge in [0.05, 0.1) is 0 Å². The second-order valence-electron chi connectivity index (χ2n) is 4.12. The van der Waals surface area contributed by atoms with Crippen molar-refractivity contribution in [1.29, 1.82) is 0 Å². The topological polar surface area (TPSA) is 0 Å². The molecule has 0 aromatic carbocycles. The van der Waals surface area contributed by atoms with Crippen molar-refractivity contribution in [1.82, 2.24) is 0 Å². The van der Waals surface area contributed by atoms with Crippen LogP contribution in [0.15, 0.2) is 24.3 Å². The molecule has 3 fully saturated rings. The zero-order valence-corrected chi connectivity index (χ0v) is 6.24. The SMILES string of the molecule is C=C1C(=C)C2(CC2)C12CC2. The summed E-state index contributed by atoms with van der Waals surface area (Å²) in [5, 5.41) is 0. The molecule has 0 heteroatoms. The van der Waals surface area contributed by atoms with E-state index in [2.05, 4.69) is 13.2 Å². The maximum absolute atomic E-state index is 4.09. The van der Waals surface area contributed by atoms with E-state index in [-0.39, 0.29) is 0 Å². The number of hydrogen-bond donors (Lipinski definition) is 0. The number of rotatable bonds is 0. The van der Waals surface area contributed by atoms with Crippen LogP contribution in [0.3, 0.4) is 0 Å². The first-order chi connectivity index (χ1) is 4.73. The monoisotopic (exact) mass is 132 g/mol. The third kappa shape index (κ3) is 0.264. The molecule has 0 heterocycles. The summed E-state index contributed by atoms with van der Waals surface area (Å²) in [6, 6.07) is 0. The Kier molecular flexibility index (Phi) is 0.532. The molecule has 0 atom stereocenters. The van der Waals surface area contributed by atoms with Crippen LogP contribution in [0.2, 0.25) is 0 Å². The van der Waals surface area contributed by atoms with Gasteiger partial charge in [0.2, 0.25) is 0 Å². The van der Waals surface area contributed by atoms with E-state index in [1.54, 1.807) is 0 Å². The van der Waals surface area contributed by atoms with Crippen LogP contribution in [0.4, 0.5) is 0 Å². The summed E-state index contributed by atoms with van der Waals surface area (Å²) in [5.41, 5.74) is 4.02. The maximum atomic E-state index is 4.09. The molecule has 0 saturated heterocycles. The van der Waals surface area contributed by atoms with Crippen LogP contribution in [0.5, 0.6) is 0 Å². The normalized spacial score (nSPS) is 36.4. The van der Waals surface area contributed by atoms with Gasteiger partial charge < -0.3 is 0 Å². The Bertz CT molecular complexity index is 221. The fourth-order valence-corrected chi connectivity index (χ4v) is 2.90. The van der Waals surface area contributed by atoms with E-state index in [1.165, 1.54) is 36.8 Å². The van der Waals surface area contributed by atoms with E-state index in [4.69, 9.17) is 0 Å². The van der Waals surface area contributed by atoms with Gasteiger partial charge in [0.25, 0.3) is 0 Å². The molecule has 3 aliphatic carbocycles. The van der Waals surface area contributed by atoms with E-state index in [1.807, 2.05) is 0 Å². The van der Waals surface area contributed by atoms with Gasteiger partial charge in [-0.25, -0.2) is 0 Å². The highest BCUT2D eigenvalue weighted by Crippen LogP contribution is 2.85. The first-order valence-electron chi connectivity index (χ1n) is 4.12. The Morgan fingerprint density at radius 2 is 1.10 bits per heavy atom. The molecule has 0 unspecified atom stereocenters. The van der Waals surface area contributed by atoms with Crippen molar-refractivity contribution in [2.24, 2.45) is 10.8 Å². The summed E-state index contributed by atoms with van der Waals surface area (Å²) in [6.07, 6.45) is 5.63. The van der Waals surface area contributed by atoms with Crippen molar-refractivity contribution >= 4 is 0 Å². The van der Waals surface area contributed by atoms with Gasteiger partial charge in [0.15, 0.2) is 0 Å². The number of hydrogen-bond acceptors (Lipinski definition) is 0. The highest BCUT2D eigenvalue weighted by Gasteiger charge is 2.75. The molecule has 0 bridgehead atoms. The third-order valence-electron chi connectivity index (χ3n) is 3.94. The first kappa shape index (κ1) is 5.17. The van der Waals surface area contributed by atoms with Crippen LogP contribution in [0.1, 0.15) is 25.7 Å². The standard InChI is InChI=1S/C10H12/c1-7-8(2)10(5-6-10)9(7)3-4-9/h1-6H2. The van der Waals surface area contributed by atoms with Gasteiger partial charge in [-0.2, -0.15) is 0 Å². The average molecular weight is 132 g/mol. The number of fused-ring (bicyclic) bond motifs is 1. The molecular formula is C10H12. The van der Waals surface area contributed by atoms with Crippen LogP contribution in [0, 0.1) is 10.8 Å². The highest BCUT2D eigenvalue weighted by atomic mass is 14.8. The van der Waals surface area contributed by atoms with E-state index >= 15 is 0 Å². The van der Waals surface area contributed by atoms with Gasteiger partial charge in [-0.3, -0.25) is 0 Å². The van der Waals surface area contributed by atoms with Crippen molar-refractivity contribution in [2.75, 3.05) is 0 Å². The van der Waals surface area contributed by atoms with E-state index in [0.717, 1.165) is 0 Å². The fourth-order valence-electron chi connectivity index (χ4n) is 2.90. The van der Waals surface area contributed by atoms with E-state index in [9.17, 15) is 0 Å². The van der Waals surface area contributed by atoms with Crippen LogP contribution in [-0.4, -0.2) is 0 Å². The smallest absolute Gasteiger partial charge is 0.00472 e. The molecule has 3 aliphatic rings. The lowest BCUT2D eigenvalue weighted by molar-refractivity contribution is 0.317. The molecule has 0 radical (unpaired) electrons. The molecule has 0 nitrogen and oxygen atoms in total. The minimum absolute atomic E-state index is 0.615. The summed E-state index contributed by atoms with van der Waals surface area (Å²) in [6.45, 7) is 8.19. The lowest BCUT2D eigenvalue weighted by Crippen LogP contribution is -2.34. The molecule has 0 aromatic rings. The maximum Gasteiger partial charge on any atom is 0.00472 e. The second kappa shape index (κ2) is 1.03. The molecular weight excluding hydrogens is 120 g/mol. The molecule has 0 N–H and O–H groups in total. The van der Waals surface area contributed by atoms with Gasteiger partial charge in [0.1, 0.15) is 0 Å². The minimum atomic E-state index is 0.615. The van der Waals surface area contributed by atoms with Crippen molar-refractivity contribution in [3.63, 3.8) is 0 Å². The second-order valence-corrected chi connectivity index (χ2v) is 4.12. The largest absolute Gasteiger partial charge is 0.0950 e. The lowest BCUT2D eigenvalue weighted by Gasteiger charge is -2.43. The first-order valence-corrected chi connectivity index (χ1v) is 4.12. The third-order valence-corrected chi connectivity index (χ3v) is 3.94. The molecule has 52 valence electrons. The summed E-state index contributed by atoms with van der Waals surface area (Å²) >= 11 is 0. The molecule has 0 amide bonds. The Hall–Kier alpha value is -0.520. The molecule has 3 rings (SSSR count). The van der Waals surface area contributed by atoms with Gasteiger partial charge in [0, 0.05) is 10.8 Å². The molecule has 2 spiro atoms. The van der Waals surface area contributed by atoms with Crippen molar-refractivity contribution in [3.05, 3.63) is 24.3 Å². The summed E-state index contributed by atoms with van der Waals surface area (Å²) < 4.78 is 0. The van der Waals surface area contributed by atoms with Gasteiger partial charge in [-0.15, -0.1) is 0 Å². The minimum Gasteiger partial charge on any atom is -0.0950 e.